The summed E-state index contributed by atoms with van der Waals surface area (Å²) in [5.41, 5.74) is 1.41. The Kier molecular flexibility index (Phi) is 11.2. The fourth-order valence-electron chi connectivity index (χ4n) is 4.79. The van der Waals surface area contributed by atoms with Crippen LogP contribution >= 0.6 is 11.8 Å². The Hall–Kier alpha value is -3.53. The topological polar surface area (TPSA) is 98.1 Å². The first kappa shape index (κ1) is 30.0. The van der Waals surface area contributed by atoms with Crippen molar-refractivity contribution in [1.82, 2.24) is 4.90 Å². The molecule has 3 N–H and O–H groups in total. The average Bonchev–Trinajstić information content (AvgIpc) is 2.94. The first-order chi connectivity index (χ1) is 18.7. The zero-order chi connectivity index (χ0) is 28.3. The quantitative estimate of drug-likeness (QED) is 0.240. The van der Waals surface area contributed by atoms with Crippen LogP contribution in [0, 0.1) is 17.6 Å². The number of aliphatic carboxylic acids is 2. The molecule has 0 amide bonds. The van der Waals surface area contributed by atoms with E-state index in [2.05, 4.69) is 17.0 Å². The average molecular weight is 556 g/mol. The van der Waals surface area contributed by atoms with Crippen molar-refractivity contribution in [2.45, 2.75) is 23.3 Å². The maximum absolute atomic E-state index is 13.8. The van der Waals surface area contributed by atoms with Gasteiger partial charge in [-0.1, -0.05) is 42.5 Å². The number of aliphatic hydroxyl groups is 1. The highest BCUT2D eigenvalue weighted by atomic mass is 32.2. The number of thioether (sulfide) groups is 1. The van der Waals surface area contributed by atoms with E-state index in [1.54, 1.807) is 11.8 Å². The summed E-state index contributed by atoms with van der Waals surface area (Å²) in [6.45, 7) is 1.75. The molecule has 1 aliphatic rings. The molecule has 9 heteroatoms. The maximum Gasteiger partial charge on any atom is 0.328 e. The molecule has 0 saturated carbocycles. The van der Waals surface area contributed by atoms with E-state index in [0.717, 1.165) is 36.4 Å². The lowest BCUT2D eigenvalue weighted by molar-refractivity contribution is -0.134. The molecular weight excluding hydrogens is 524 g/mol. The number of halogens is 2. The molecule has 0 radical (unpaired) electrons. The van der Waals surface area contributed by atoms with Gasteiger partial charge in [-0.2, -0.15) is 0 Å². The molecule has 0 aromatic heterocycles. The summed E-state index contributed by atoms with van der Waals surface area (Å²) in [6.07, 6.45) is 2.72. The van der Waals surface area contributed by atoms with Crippen molar-refractivity contribution in [1.29, 1.82) is 0 Å². The molecule has 0 spiro atoms. The van der Waals surface area contributed by atoms with E-state index in [1.165, 1.54) is 29.2 Å². The van der Waals surface area contributed by atoms with Crippen molar-refractivity contribution in [3.8, 4) is 0 Å². The van der Waals surface area contributed by atoms with Crippen LogP contribution in [0.2, 0.25) is 0 Å². The van der Waals surface area contributed by atoms with Crippen LogP contribution in [0.4, 0.5) is 8.78 Å². The van der Waals surface area contributed by atoms with Crippen LogP contribution in [0.1, 0.15) is 24.0 Å². The zero-order valence-corrected chi connectivity index (χ0v) is 22.1. The number of hydrogen-bond donors (Lipinski definition) is 3. The number of likely N-dealkylation sites (tertiary alicyclic amines) is 1. The number of rotatable bonds is 9. The molecule has 1 unspecified atom stereocenters. The van der Waals surface area contributed by atoms with E-state index in [9.17, 15) is 23.5 Å². The summed E-state index contributed by atoms with van der Waals surface area (Å²) >= 11 is 1.81. The fourth-order valence-corrected chi connectivity index (χ4v) is 5.69. The van der Waals surface area contributed by atoms with E-state index < -0.39 is 17.5 Å². The molecule has 1 saturated heterocycles. The molecule has 39 heavy (non-hydrogen) atoms. The van der Waals surface area contributed by atoms with E-state index in [1.807, 2.05) is 42.5 Å². The van der Waals surface area contributed by atoms with Crippen LogP contribution in [0.3, 0.4) is 0 Å². The van der Waals surface area contributed by atoms with Gasteiger partial charge in [0.2, 0.25) is 0 Å². The summed E-state index contributed by atoms with van der Waals surface area (Å²) < 4.78 is 27.5. The van der Waals surface area contributed by atoms with Crippen molar-refractivity contribution in [3.63, 3.8) is 0 Å². The number of carboxylic acids is 2. The smallest absolute Gasteiger partial charge is 0.328 e. The Bertz CT molecular complexity index is 1170. The van der Waals surface area contributed by atoms with Gasteiger partial charge in [-0.3, -0.25) is 4.90 Å². The first-order valence-electron chi connectivity index (χ1n) is 12.4. The molecular formula is C30H31F2NO5S. The second-order valence-corrected chi connectivity index (χ2v) is 10.2. The number of hydrogen-bond acceptors (Lipinski definition) is 5. The summed E-state index contributed by atoms with van der Waals surface area (Å²) in [6, 6.07) is 23.6. The van der Waals surface area contributed by atoms with Gasteiger partial charge in [-0.15, -0.1) is 11.8 Å². The third kappa shape index (κ3) is 8.48. The van der Waals surface area contributed by atoms with E-state index in [0.29, 0.717) is 18.6 Å². The lowest BCUT2D eigenvalue weighted by Crippen LogP contribution is -2.53. The molecule has 3 aromatic rings. The number of nitrogens with zero attached hydrogens (tertiary/aromatic N) is 1. The lowest BCUT2D eigenvalue weighted by atomic mass is 9.71. The lowest BCUT2D eigenvalue weighted by Gasteiger charge is -2.50. The van der Waals surface area contributed by atoms with Gasteiger partial charge < -0.3 is 15.3 Å². The van der Waals surface area contributed by atoms with Crippen LogP contribution in [0.25, 0.3) is 0 Å². The largest absolute Gasteiger partial charge is 0.478 e. The second kappa shape index (κ2) is 14.6. The Morgan fingerprint density at radius 3 is 1.85 bits per heavy atom. The van der Waals surface area contributed by atoms with Gasteiger partial charge in [0.05, 0.1) is 5.54 Å². The molecule has 3 aromatic carbocycles. The fraction of sp³-hybridized carbons (Fsp3) is 0.267. The molecule has 206 valence electrons. The Morgan fingerprint density at radius 1 is 0.872 bits per heavy atom. The third-order valence-corrected chi connectivity index (χ3v) is 7.57. The minimum absolute atomic E-state index is 0.108. The number of carboxylic acid groups (broad SMARTS) is 2. The van der Waals surface area contributed by atoms with E-state index >= 15 is 0 Å². The van der Waals surface area contributed by atoms with E-state index in [-0.39, 0.29) is 24.2 Å². The molecule has 4 rings (SSSR count). The van der Waals surface area contributed by atoms with Crippen LogP contribution < -0.4 is 0 Å². The number of piperidine rings is 1. The summed E-state index contributed by atoms with van der Waals surface area (Å²) in [5, 5.41) is 25.6. The molecule has 0 aliphatic carbocycles. The van der Waals surface area contributed by atoms with Crippen LogP contribution in [-0.2, 0) is 15.1 Å². The van der Waals surface area contributed by atoms with Crippen molar-refractivity contribution < 1.29 is 33.7 Å². The van der Waals surface area contributed by atoms with Gasteiger partial charge in [-0.25, -0.2) is 18.4 Å². The number of aliphatic hydroxyl groups excluding tert-OH is 1. The molecule has 1 fully saturated rings. The predicted octanol–water partition coefficient (Wildman–Crippen LogP) is 5.42. The third-order valence-electron chi connectivity index (χ3n) is 6.57. The molecule has 0 bridgehead atoms. The highest BCUT2D eigenvalue weighted by Gasteiger charge is 2.44. The minimum atomic E-state index is -1.26. The van der Waals surface area contributed by atoms with Crippen molar-refractivity contribution in [2.75, 3.05) is 25.4 Å². The molecule has 1 aliphatic heterocycles. The second-order valence-electron chi connectivity index (χ2n) is 9.07. The number of benzene rings is 3. The van der Waals surface area contributed by atoms with E-state index in [4.69, 9.17) is 10.2 Å². The Labute approximate surface area is 230 Å². The van der Waals surface area contributed by atoms with Crippen LogP contribution in [0.5, 0.6) is 0 Å². The standard InChI is InChI=1S/C26H27F2NOS.C4H4O4/c27-23-10-6-21(7-11-23)26(22-8-12-24(28)13-9-22)18-20(19-30)14-15-29(26)16-17-31-25-4-2-1-3-5-25;5-3(6)1-2-4(7)8/h1-13,20,30H,14-19H2;1-2H,(H,5,6)(H,7,8)/b;2-1-. The van der Waals surface area contributed by atoms with Gasteiger partial charge in [-0.05, 0) is 72.8 Å². The molecule has 1 atom stereocenters. The number of carbonyl (C=O) groups is 2. The van der Waals surface area contributed by atoms with Crippen LogP contribution in [0.15, 0.2) is 95.9 Å². The van der Waals surface area contributed by atoms with Crippen molar-refractivity contribution in [2.24, 2.45) is 5.92 Å². The highest BCUT2D eigenvalue weighted by Crippen LogP contribution is 2.45. The first-order valence-corrected chi connectivity index (χ1v) is 13.4. The Balaban J connectivity index is 0.000000459. The highest BCUT2D eigenvalue weighted by molar-refractivity contribution is 7.99. The van der Waals surface area contributed by atoms with Gasteiger partial charge in [0, 0.05) is 36.0 Å². The van der Waals surface area contributed by atoms with Crippen molar-refractivity contribution >= 4 is 23.7 Å². The maximum atomic E-state index is 13.8. The van der Waals surface area contributed by atoms with Gasteiger partial charge in [0.15, 0.2) is 0 Å². The molecule has 1 heterocycles. The minimum Gasteiger partial charge on any atom is -0.478 e. The Morgan fingerprint density at radius 2 is 1.38 bits per heavy atom. The van der Waals surface area contributed by atoms with Crippen LogP contribution in [-0.4, -0.2) is 57.6 Å². The summed E-state index contributed by atoms with van der Waals surface area (Å²) in [4.78, 5) is 22.8. The van der Waals surface area contributed by atoms with Gasteiger partial charge >= 0.3 is 11.9 Å². The SMILES string of the molecule is O=C(O)/C=C\C(=O)O.OCC1CCN(CCSc2ccccc2)C(c2ccc(F)cc2)(c2ccc(F)cc2)C1. The predicted molar refractivity (Wildman–Crippen MR) is 147 cm³/mol. The summed E-state index contributed by atoms with van der Waals surface area (Å²) in [5.74, 6) is -2.04. The molecule has 6 nitrogen and oxygen atoms in total. The monoisotopic (exact) mass is 555 g/mol. The van der Waals surface area contributed by atoms with Gasteiger partial charge in [0.25, 0.3) is 0 Å². The van der Waals surface area contributed by atoms with Gasteiger partial charge in [0.1, 0.15) is 11.6 Å². The zero-order valence-electron chi connectivity index (χ0n) is 21.2. The summed E-state index contributed by atoms with van der Waals surface area (Å²) in [7, 11) is 0. The van der Waals surface area contributed by atoms with Crippen molar-refractivity contribution in [3.05, 3.63) is 114 Å². The normalized spacial score (nSPS) is 16.8.